The van der Waals surface area contributed by atoms with E-state index in [-0.39, 0.29) is 0 Å². The smallest absolute Gasteiger partial charge is 0.119 e. The molecule has 0 aromatic heterocycles. The predicted molar refractivity (Wildman–Crippen MR) is 278 cm³/mol. The first-order valence-corrected chi connectivity index (χ1v) is 24.3. The van der Waals surface area contributed by atoms with Gasteiger partial charge in [-0.3, -0.25) is 0 Å². The largest absolute Gasteiger partial charge is 0.491 e. The third kappa shape index (κ3) is 20.9. The van der Waals surface area contributed by atoms with Crippen molar-refractivity contribution in [2.45, 2.75) is 85.5 Å². The number of epoxide rings is 3. The Morgan fingerprint density at radius 2 is 0.507 bits per heavy atom. The van der Waals surface area contributed by atoms with Crippen LogP contribution in [0.1, 0.15) is 63.8 Å². The molecule has 6 heteroatoms. The van der Waals surface area contributed by atoms with Gasteiger partial charge in [-0.05, 0) is 107 Å². The maximum absolute atomic E-state index is 5.40. The highest BCUT2D eigenvalue weighted by Crippen LogP contribution is 2.22. The number of ether oxygens (including phenoxy) is 6. The standard InChI is InChI=1S/2C16H18.3C9H10O2.C2H6/c2*1-3-13-5-9-15(10-6-13)16-11-7-14(4-2)8-12-16;3*1-2-4-8(5-3-1)10-6-9-7-11-9;1-2/h2*5-12H,3-4H2,1-2H3;3*1-5,9H,6-7H2;1-2H3. The molecular weight excluding hydrogens is 829 g/mol. The Labute approximate surface area is 401 Å². The molecule has 7 aromatic rings. The zero-order valence-electron chi connectivity index (χ0n) is 40.7. The molecule has 0 bridgehead atoms. The summed E-state index contributed by atoms with van der Waals surface area (Å²) in [5.74, 6) is 2.76. The zero-order valence-corrected chi connectivity index (χ0v) is 40.7. The number of benzene rings is 7. The Kier molecular flexibility index (Phi) is 23.3. The van der Waals surface area contributed by atoms with Crippen LogP contribution in [0, 0.1) is 0 Å². The lowest BCUT2D eigenvalue weighted by atomic mass is 10.0. The van der Waals surface area contributed by atoms with Crippen LogP contribution in [0.4, 0.5) is 0 Å². The molecule has 10 rings (SSSR count). The van der Waals surface area contributed by atoms with E-state index in [0.717, 1.165) is 62.8 Å². The van der Waals surface area contributed by atoms with E-state index < -0.39 is 0 Å². The molecule has 3 atom stereocenters. The van der Waals surface area contributed by atoms with Crippen LogP contribution in [0.25, 0.3) is 22.3 Å². The van der Waals surface area contributed by atoms with E-state index in [2.05, 4.69) is 125 Å². The molecule has 67 heavy (non-hydrogen) atoms. The summed E-state index contributed by atoms with van der Waals surface area (Å²) in [6, 6.07) is 64.7. The van der Waals surface area contributed by atoms with Crippen molar-refractivity contribution < 1.29 is 28.4 Å². The molecule has 352 valence electrons. The summed E-state index contributed by atoms with van der Waals surface area (Å²) in [5.41, 5.74) is 10.8. The van der Waals surface area contributed by atoms with Crippen LogP contribution in [-0.2, 0) is 39.9 Å². The fraction of sp³-hybridized carbons (Fsp3) is 0.311. The van der Waals surface area contributed by atoms with Crippen molar-refractivity contribution in [1.82, 2.24) is 0 Å². The summed E-state index contributed by atoms with van der Waals surface area (Å²) in [7, 11) is 0. The van der Waals surface area contributed by atoms with Crippen molar-refractivity contribution in [3.63, 3.8) is 0 Å². The fourth-order valence-electron chi connectivity index (χ4n) is 6.34. The Balaban J connectivity index is 0.000000157. The molecule has 0 aliphatic carbocycles. The fourth-order valence-corrected chi connectivity index (χ4v) is 6.34. The molecule has 3 aliphatic rings. The second kappa shape index (κ2) is 30.2. The first kappa shape index (κ1) is 51.8. The number of rotatable bonds is 15. The molecule has 0 amide bonds. The van der Waals surface area contributed by atoms with Gasteiger partial charge in [-0.15, -0.1) is 0 Å². The average molecular weight is 901 g/mol. The molecule has 3 saturated heterocycles. The minimum Gasteiger partial charge on any atom is -0.491 e. The van der Waals surface area contributed by atoms with Gasteiger partial charge < -0.3 is 28.4 Å². The lowest BCUT2D eigenvalue weighted by Crippen LogP contribution is -2.03. The quantitative estimate of drug-likeness (QED) is 0.0955. The van der Waals surface area contributed by atoms with Gasteiger partial charge in [0.2, 0.25) is 0 Å². The van der Waals surface area contributed by atoms with Crippen molar-refractivity contribution in [3.8, 4) is 39.5 Å². The average Bonchev–Trinajstić information content (AvgIpc) is 4.26. The summed E-state index contributed by atoms with van der Waals surface area (Å²) in [6.07, 6.45) is 5.45. The van der Waals surface area contributed by atoms with Gasteiger partial charge in [0.1, 0.15) is 55.4 Å². The SMILES string of the molecule is CC.CCc1ccc(-c2ccc(CC)cc2)cc1.CCc1ccc(-c2ccc(CC)cc2)cc1.c1ccc(OCC2CO2)cc1.c1ccc(OCC2CO2)cc1.c1ccc(OCC2CO2)cc1. The van der Waals surface area contributed by atoms with Gasteiger partial charge in [0.05, 0.1) is 19.8 Å². The summed E-state index contributed by atoms with van der Waals surface area (Å²) in [6.45, 7) is 17.4. The Bertz CT molecular complexity index is 1980. The van der Waals surface area contributed by atoms with Gasteiger partial charge in [0.15, 0.2) is 0 Å². The second-order valence-corrected chi connectivity index (χ2v) is 15.9. The van der Waals surface area contributed by atoms with E-state index in [1.807, 2.05) is 105 Å². The van der Waals surface area contributed by atoms with E-state index in [4.69, 9.17) is 28.4 Å². The maximum atomic E-state index is 5.40. The first-order valence-electron chi connectivity index (χ1n) is 24.3. The van der Waals surface area contributed by atoms with E-state index in [1.54, 1.807) is 0 Å². The van der Waals surface area contributed by atoms with Gasteiger partial charge in [-0.25, -0.2) is 0 Å². The number of para-hydroxylation sites is 3. The normalized spacial score (nSPS) is 15.5. The predicted octanol–water partition coefficient (Wildman–Crippen LogP) is 14.4. The van der Waals surface area contributed by atoms with Gasteiger partial charge in [0, 0.05) is 0 Å². The van der Waals surface area contributed by atoms with Crippen LogP contribution >= 0.6 is 0 Å². The topological polar surface area (TPSA) is 65.3 Å². The monoisotopic (exact) mass is 901 g/mol. The number of hydrogen-bond acceptors (Lipinski definition) is 6. The van der Waals surface area contributed by atoms with Crippen molar-refractivity contribution in [2.75, 3.05) is 39.6 Å². The molecule has 3 fully saturated rings. The van der Waals surface area contributed by atoms with Crippen LogP contribution in [0.2, 0.25) is 0 Å². The molecule has 0 N–H and O–H groups in total. The molecular formula is C61H72O6. The Hall–Kier alpha value is -6.18. The van der Waals surface area contributed by atoms with E-state index in [9.17, 15) is 0 Å². The first-order chi connectivity index (χ1) is 33.0. The third-order valence-corrected chi connectivity index (χ3v) is 10.9. The van der Waals surface area contributed by atoms with Gasteiger partial charge in [0.25, 0.3) is 0 Å². The van der Waals surface area contributed by atoms with E-state index >= 15 is 0 Å². The molecule has 3 unspecified atom stereocenters. The zero-order chi connectivity index (χ0) is 47.3. The minimum absolute atomic E-state index is 0.343. The van der Waals surface area contributed by atoms with Crippen LogP contribution in [-0.4, -0.2) is 58.0 Å². The van der Waals surface area contributed by atoms with Crippen molar-refractivity contribution in [2.24, 2.45) is 0 Å². The molecule has 3 aliphatic heterocycles. The summed E-state index contributed by atoms with van der Waals surface area (Å²) in [4.78, 5) is 0. The minimum atomic E-state index is 0.343. The van der Waals surface area contributed by atoms with Gasteiger partial charge in [-0.1, -0.05) is 193 Å². The second-order valence-electron chi connectivity index (χ2n) is 15.9. The van der Waals surface area contributed by atoms with Gasteiger partial charge >= 0.3 is 0 Å². The molecule has 0 radical (unpaired) electrons. The molecule has 0 saturated carbocycles. The molecule has 7 aromatic carbocycles. The summed E-state index contributed by atoms with van der Waals surface area (Å²) in [5, 5.41) is 0. The lowest BCUT2D eigenvalue weighted by molar-refractivity contribution is 0.263. The van der Waals surface area contributed by atoms with E-state index in [1.165, 1.54) is 44.5 Å². The van der Waals surface area contributed by atoms with Crippen LogP contribution in [0.5, 0.6) is 17.2 Å². The highest BCUT2D eigenvalue weighted by atomic mass is 16.6. The maximum Gasteiger partial charge on any atom is 0.119 e. The summed E-state index contributed by atoms with van der Waals surface area (Å²) >= 11 is 0. The highest BCUT2D eigenvalue weighted by Gasteiger charge is 2.24. The molecule has 3 heterocycles. The summed E-state index contributed by atoms with van der Waals surface area (Å²) < 4.78 is 31.2. The number of aryl methyl sites for hydroxylation is 4. The number of hydrogen-bond donors (Lipinski definition) is 0. The van der Waals surface area contributed by atoms with Gasteiger partial charge in [-0.2, -0.15) is 0 Å². The van der Waals surface area contributed by atoms with Crippen molar-refractivity contribution in [3.05, 3.63) is 210 Å². The molecule has 0 spiro atoms. The Morgan fingerprint density at radius 3 is 0.672 bits per heavy atom. The lowest BCUT2D eigenvalue weighted by Gasteiger charge is -2.04. The molecule has 6 nitrogen and oxygen atoms in total. The van der Waals surface area contributed by atoms with Crippen LogP contribution in [0.3, 0.4) is 0 Å². The van der Waals surface area contributed by atoms with E-state index in [0.29, 0.717) is 38.1 Å². The highest BCUT2D eigenvalue weighted by molar-refractivity contribution is 5.65. The Morgan fingerprint density at radius 1 is 0.313 bits per heavy atom. The third-order valence-electron chi connectivity index (χ3n) is 10.9. The van der Waals surface area contributed by atoms with Crippen molar-refractivity contribution >= 4 is 0 Å². The van der Waals surface area contributed by atoms with Crippen LogP contribution < -0.4 is 14.2 Å². The van der Waals surface area contributed by atoms with Crippen LogP contribution in [0.15, 0.2) is 188 Å². The van der Waals surface area contributed by atoms with Crippen molar-refractivity contribution in [1.29, 1.82) is 0 Å².